The molecule has 6 heteroatoms. The van der Waals surface area contributed by atoms with Crippen LogP contribution in [0.2, 0.25) is 0 Å². The quantitative estimate of drug-likeness (QED) is 0.472. The summed E-state index contributed by atoms with van der Waals surface area (Å²) in [5, 5.41) is 11.3. The molecule has 27 heavy (non-hydrogen) atoms. The van der Waals surface area contributed by atoms with Crippen molar-refractivity contribution < 1.29 is 5.11 Å². The number of nitrogen functional groups attached to an aromatic ring is 2. The molecule has 0 saturated heterocycles. The first-order chi connectivity index (χ1) is 13.2. The van der Waals surface area contributed by atoms with Crippen LogP contribution in [0.3, 0.4) is 0 Å². The molecule has 0 aliphatic heterocycles. The number of hydrogen-bond donors (Lipinski definition) is 3. The van der Waals surface area contributed by atoms with Crippen LogP contribution in [-0.2, 0) is 0 Å². The van der Waals surface area contributed by atoms with Crippen LogP contribution in [0.15, 0.2) is 60.7 Å². The fourth-order valence-corrected chi connectivity index (χ4v) is 3.20. The van der Waals surface area contributed by atoms with E-state index in [-0.39, 0.29) is 6.61 Å². The number of aliphatic hydroxyl groups is 1. The predicted molar refractivity (Wildman–Crippen MR) is 111 cm³/mol. The van der Waals surface area contributed by atoms with Crippen LogP contribution in [0.5, 0.6) is 0 Å². The van der Waals surface area contributed by atoms with Crippen LogP contribution in [0.25, 0.3) is 21.8 Å². The second kappa shape index (κ2) is 7.09. The summed E-state index contributed by atoms with van der Waals surface area (Å²) in [6.45, 7) is 0.662. The molecular formula is C21H21N5O. The van der Waals surface area contributed by atoms with Crippen LogP contribution < -0.4 is 16.4 Å². The van der Waals surface area contributed by atoms with Crippen molar-refractivity contribution in [3.8, 4) is 0 Å². The fourth-order valence-electron chi connectivity index (χ4n) is 3.20. The van der Waals surface area contributed by atoms with Crippen molar-refractivity contribution in [1.82, 2.24) is 9.97 Å². The van der Waals surface area contributed by atoms with Crippen molar-refractivity contribution in [1.29, 1.82) is 0 Å². The van der Waals surface area contributed by atoms with Gasteiger partial charge in [0.2, 0.25) is 0 Å². The highest BCUT2D eigenvalue weighted by Crippen LogP contribution is 2.29. The van der Waals surface area contributed by atoms with Gasteiger partial charge in [0, 0.05) is 23.9 Å². The molecule has 0 bridgehead atoms. The highest BCUT2D eigenvalue weighted by Gasteiger charge is 2.14. The van der Waals surface area contributed by atoms with Gasteiger partial charge in [-0.3, -0.25) is 0 Å². The number of para-hydroxylation sites is 2. The number of hydrogen-bond acceptors (Lipinski definition) is 6. The average Bonchev–Trinajstić information content (AvgIpc) is 2.69. The molecule has 2 aromatic carbocycles. The summed E-state index contributed by atoms with van der Waals surface area (Å²) in [6.07, 6.45) is 0.591. The van der Waals surface area contributed by atoms with Crippen molar-refractivity contribution in [2.45, 2.75) is 6.42 Å². The number of aliphatic hydroxyl groups excluding tert-OH is 1. The van der Waals surface area contributed by atoms with Gasteiger partial charge < -0.3 is 21.5 Å². The van der Waals surface area contributed by atoms with Gasteiger partial charge in [-0.15, -0.1) is 0 Å². The summed E-state index contributed by atoms with van der Waals surface area (Å²) in [7, 11) is 0. The Morgan fingerprint density at radius 3 is 1.74 bits per heavy atom. The topological polar surface area (TPSA) is 101 Å². The molecule has 4 rings (SSSR count). The predicted octanol–water partition coefficient (Wildman–Crippen LogP) is 3.47. The molecule has 4 aromatic rings. The van der Waals surface area contributed by atoms with Crippen molar-refractivity contribution in [3.05, 3.63) is 60.7 Å². The van der Waals surface area contributed by atoms with Crippen LogP contribution in [0.4, 0.5) is 23.0 Å². The van der Waals surface area contributed by atoms with Gasteiger partial charge in [0.25, 0.3) is 0 Å². The minimum atomic E-state index is 0.0853. The van der Waals surface area contributed by atoms with E-state index in [1.807, 2.05) is 65.6 Å². The van der Waals surface area contributed by atoms with Crippen LogP contribution >= 0.6 is 0 Å². The molecular weight excluding hydrogens is 338 g/mol. The molecule has 0 saturated carbocycles. The standard InChI is InChI=1S/C21H21N5O/c22-16-6-1-4-14-8-10-18(24-20(14)16)26(12-3-13-27)19-11-9-15-5-2-7-17(23)21(15)25-19/h1-2,4-11,27H,3,12-13,22-23H2. The SMILES string of the molecule is Nc1cccc2ccc(N(CCCO)c3ccc4cccc(N)c4n3)nc12. The van der Waals surface area contributed by atoms with E-state index in [4.69, 9.17) is 21.4 Å². The van der Waals surface area contributed by atoms with E-state index in [9.17, 15) is 5.11 Å². The van der Waals surface area contributed by atoms with Crippen molar-refractivity contribution >= 4 is 44.8 Å². The van der Waals surface area contributed by atoms with Gasteiger partial charge in [-0.1, -0.05) is 24.3 Å². The van der Waals surface area contributed by atoms with Crippen LogP contribution in [0.1, 0.15) is 6.42 Å². The monoisotopic (exact) mass is 359 g/mol. The molecule has 6 nitrogen and oxygen atoms in total. The van der Waals surface area contributed by atoms with E-state index in [1.54, 1.807) is 0 Å². The number of nitrogens with zero attached hydrogens (tertiary/aromatic N) is 3. The molecule has 0 radical (unpaired) electrons. The minimum absolute atomic E-state index is 0.0853. The first-order valence-corrected chi connectivity index (χ1v) is 8.86. The largest absolute Gasteiger partial charge is 0.397 e. The van der Waals surface area contributed by atoms with E-state index < -0.39 is 0 Å². The Morgan fingerprint density at radius 1 is 0.741 bits per heavy atom. The van der Waals surface area contributed by atoms with Gasteiger partial charge in [0.15, 0.2) is 0 Å². The second-order valence-electron chi connectivity index (χ2n) is 6.41. The second-order valence-corrected chi connectivity index (χ2v) is 6.41. The van der Waals surface area contributed by atoms with Crippen molar-refractivity contribution in [3.63, 3.8) is 0 Å². The van der Waals surface area contributed by atoms with Gasteiger partial charge in [-0.25, -0.2) is 9.97 Å². The highest BCUT2D eigenvalue weighted by molar-refractivity contribution is 5.92. The maximum atomic E-state index is 9.33. The Hall–Kier alpha value is -3.38. The van der Waals surface area contributed by atoms with Crippen LogP contribution in [-0.4, -0.2) is 28.2 Å². The molecule has 5 N–H and O–H groups in total. The first kappa shape index (κ1) is 17.1. The maximum absolute atomic E-state index is 9.33. The molecule has 0 aliphatic rings. The minimum Gasteiger partial charge on any atom is -0.397 e. The zero-order valence-electron chi connectivity index (χ0n) is 14.8. The fraction of sp³-hybridized carbons (Fsp3) is 0.143. The number of rotatable bonds is 5. The Labute approximate surface area is 157 Å². The summed E-state index contributed by atoms with van der Waals surface area (Å²) in [4.78, 5) is 11.5. The zero-order chi connectivity index (χ0) is 18.8. The number of anilines is 4. The van der Waals surface area contributed by atoms with Gasteiger partial charge in [0.1, 0.15) is 11.6 Å². The van der Waals surface area contributed by atoms with E-state index in [0.29, 0.717) is 24.3 Å². The van der Waals surface area contributed by atoms with Crippen molar-refractivity contribution in [2.75, 3.05) is 29.5 Å². The average molecular weight is 359 g/mol. The Morgan fingerprint density at radius 2 is 1.26 bits per heavy atom. The van der Waals surface area contributed by atoms with E-state index in [1.165, 1.54) is 0 Å². The lowest BCUT2D eigenvalue weighted by Crippen LogP contribution is -2.21. The molecule has 2 aromatic heterocycles. The molecule has 2 heterocycles. The third kappa shape index (κ3) is 3.22. The summed E-state index contributed by atoms with van der Waals surface area (Å²) in [6, 6.07) is 19.3. The van der Waals surface area contributed by atoms with Gasteiger partial charge in [-0.2, -0.15) is 0 Å². The highest BCUT2D eigenvalue weighted by atomic mass is 16.3. The lowest BCUT2D eigenvalue weighted by molar-refractivity contribution is 0.290. The van der Waals surface area contributed by atoms with Gasteiger partial charge >= 0.3 is 0 Å². The first-order valence-electron chi connectivity index (χ1n) is 8.86. The molecule has 0 fully saturated rings. The van der Waals surface area contributed by atoms with Gasteiger partial charge in [0.05, 0.1) is 22.4 Å². The summed E-state index contributed by atoms with van der Waals surface area (Å²) in [5.41, 5.74) is 15.0. The van der Waals surface area contributed by atoms with Gasteiger partial charge in [-0.05, 0) is 42.8 Å². The molecule has 0 aliphatic carbocycles. The number of benzene rings is 2. The lowest BCUT2D eigenvalue weighted by Gasteiger charge is -2.23. The molecule has 0 unspecified atom stereocenters. The Kier molecular flexibility index (Phi) is 4.48. The van der Waals surface area contributed by atoms with E-state index >= 15 is 0 Å². The lowest BCUT2D eigenvalue weighted by atomic mass is 10.1. The zero-order valence-corrected chi connectivity index (χ0v) is 14.8. The number of aromatic nitrogens is 2. The summed E-state index contributed by atoms with van der Waals surface area (Å²) < 4.78 is 0. The summed E-state index contributed by atoms with van der Waals surface area (Å²) >= 11 is 0. The number of pyridine rings is 2. The van der Waals surface area contributed by atoms with Crippen molar-refractivity contribution in [2.24, 2.45) is 0 Å². The maximum Gasteiger partial charge on any atom is 0.134 e. The van der Waals surface area contributed by atoms with Crippen LogP contribution in [0, 0.1) is 0 Å². The normalized spacial score (nSPS) is 11.1. The third-order valence-corrected chi connectivity index (χ3v) is 4.57. The molecule has 0 atom stereocenters. The Balaban J connectivity index is 1.84. The molecule has 136 valence electrons. The molecule has 0 amide bonds. The van der Waals surface area contributed by atoms with E-state index in [0.717, 1.165) is 33.4 Å². The smallest absolute Gasteiger partial charge is 0.134 e. The number of nitrogens with two attached hydrogens (primary N) is 2. The Bertz CT molecular complexity index is 1030. The number of fused-ring (bicyclic) bond motifs is 2. The van der Waals surface area contributed by atoms with E-state index in [2.05, 4.69) is 0 Å². The third-order valence-electron chi connectivity index (χ3n) is 4.57. The summed E-state index contributed by atoms with van der Waals surface area (Å²) in [5.74, 6) is 1.46. The molecule has 0 spiro atoms.